The van der Waals surface area contributed by atoms with Gasteiger partial charge in [-0.3, -0.25) is 14.4 Å². The first-order chi connectivity index (χ1) is 7.73. The van der Waals surface area contributed by atoms with Crippen molar-refractivity contribution in [1.29, 1.82) is 0 Å². The van der Waals surface area contributed by atoms with Gasteiger partial charge in [-0.25, -0.2) is 0 Å². The highest BCUT2D eigenvalue weighted by molar-refractivity contribution is 6.01. The number of carbonyl (C=O) groups is 3. The van der Waals surface area contributed by atoms with Gasteiger partial charge in [-0.2, -0.15) is 0 Å². The quantitative estimate of drug-likeness (QED) is 0.625. The molecule has 0 spiro atoms. The molecule has 2 amide bonds. The van der Waals surface area contributed by atoms with Crippen LogP contribution >= 0.6 is 0 Å². The molecule has 0 radical (unpaired) electrons. The Kier molecular flexibility index (Phi) is 5.64. The van der Waals surface area contributed by atoms with Crippen LogP contribution < -0.4 is 5.73 Å². The van der Waals surface area contributed by atoms with Crippen LogP contribution in [0.5, 0.6) is 0 Å². The van der Waals surface area contributed by atoms with Crippen molar-refractivity contribution in [1.82, 2.24) is 4.90 Å². The average molecular weight is 244 g/mol. The van der Waals surface area contributed by atoms with Gasteiger partial charge in [0.05, 0.1) is 6.54 Å². The van der Waals surface area contributed by atoms with Crippen LogP contribution in [0.4, 0.5) is 0 Å². The lowest BCUT2D eigenvalue weighted by Gasteiger charge is -2.28. The zero-order valence-electron chi connectivity index (χ0n) is 10.5. The van der Waals surface area contributed by atoms with Crippen LogP contribution in [0.15, 0.2) is 0 Å². The summed E-state index contributed by atoms with van der Waals surface area (Å²) in [4.78, 5) is 35.0. The number of hydrogen-bond acceptors (Lipinski definition) is 3. The lowest BCUT2D eigenvalue weighted by atomic mass is 9.91. The molecule has 0 aliphatic carbocycles. The first kappa shape index (κ1) is 15.4. The highest BCUT2D eigenvalue weighted by Crippen LogP contribution is 2.19. The molecule has 0 heterocycles. The summed E-state index contributed by atoms with van der Waals surface area (Å²) in [7, 11) is 0. The first-order valence-corrected chi connectivity index (χ1v) is 5.54. The summed E-state index contributed by atoms with van der Waals surface area (Å²) in [5, 5.41) is 8.96. The number of rotatable bonds is 7. The van der Waals surface area contributed by atoms with Crippen molar-refractivity contribution in [3.8, 4) is 0 Å². The Bertz CT molecular complexity index is 313. The topological polar surface area (TPSA) is 101 Å². The molecule has 0 unspecified atom stereocenters. The molecule has 0 atom stereocenters. The largest absolute Gasteiger partial charge is 0.480 e. The highest BCUT2D eigenvalue weighted by Gasteiger charge is 2.39. The van der Waals surface area contributed by atoms with Crippen molar-refractivity contribution in [3.05, 3.63) is 0 Å². The second-order valence-corrected chi connectivity index (χ2v) is 4.48. The van der Waals surface area contributed by atoms with Gasteiger partial charge in [0.25, 0.3) is 0 Å². The van der Waals surface area contributed by atoms with Gasteiger partial charge in [-0.15, -0.1) is 0 Å². The molecule has 6 heteroatoms. The third kappa shape index (κ3) is 4.42. The van der Waals surface area contributed by atoms with Gasteiger partial charge in [-0.05, 0) is 20.3 Å². The van der Waals surface area contributed by atoms with E-state index < -0.39 is 23.2 Å². The second-order valence-electron chi connectivity index (χ2n) is 4.48. The van der Waals surface area contributed by atoms with Crippen LogP contribution in [-0.2, 0) is 14.4 Å². The van der Waals surface area contributed by atoms with Crippen LogP contribution in [-0.4, -0.2) is 40.9 Å². The van der Waals surface area contributed by atoms with Crippen molar-refractivity contribution in [3.63, 3.8) is 0 Å². The lowest BCUT2D eigenvalue weighted by molar-refractivity contribution is -0.159. The Balaban J connectivity index is 4.84. The Morgan fingerprint density at radius 3 is 2.18 bits per heavy atom. The van der Waals surface area contributed by atoms with Gasteiger partial charge in [-0.1, -0.05) is 13.3 Å². The number of unbranched alkanes of at least 4 members (excludes halogenated alkanes) is 1. The fourth-order valence-electron chi connectivity index (χ4n) is 1.28. The van der Waals surface area contributed by atoms with Crippen molar-refractivity contribution in [2.24, 2.45) is 11.1 Å². The first-order valence-electron chi connectivity index (χ1n) is 5.54. The van der Waals surface area contributed by atoms with E-state index in [0.29, 0.717) is 13.0 Å². The number of nitrogens with two attached hydrogens (primary N) is 1. The van der Waals surface area contributed by atoms with Crippen LogP contribution in [0.3, 0.4) is 0 Å². The lowest BCUT2D eigenvalue weighted by Crippen LogP contribution is -2.48. The third-order valence-corrected chi connectivity index (χ3v) is 2.48. The number of primary amides is 1. The van der Waals surface area contributed by atoms with Crippen molar-refractivity contribution in [2.45, 2.75) is 33.6 Å². The Hall–Kier alpha value is -1.59. The molecular weight excluding hydrogens is 224 g/mol. The molecule has 0 saturated heterocycles. The van der Waals surface area contributed by atoms with E-state index >= 15 is 0 Å². The van der Waals surface area contributed by atoms with E-state index in [1.165, 1.54) is 18.7 Å². The summed E-state index contributed by atoms with van der Waals surface area (Å²) in [6, 6.07) is 0. The molecule has 0 aromatic heterocycles. The molecule has 0 aromatic rings. The molecule has 17 heavy (non-hydrogen) atoms. The molecule has 0 aromatic carbocycles. The number of amides is 2. The average Bonchev–Trinajstić information content (AvgIpc) is 2.22. The van der Waals surface area contributed by atoms with Crippen LogP contribution in [0.2, 0.25) is 0 Å². The maximum absolute atomic E-state index is 12.0. The molecule has 0 fully saturated rings. The van der Waals surface area contributed by atoms with E-state index in [-0.39, 0.29) is 6.54 Å². The summed E-state index contributed by atoms with van der Waals surface area (Å²) in [5.74, 6) is -2.44. The molecular formula is C11H20N2O4. The fourth-order valence-corrected chi connectivity index (χ4v) is 1.28. The molecule has 0 bridgehead atoms. The summed E-state index contributed by atoms with van der Waals surface area (Å²) in [6.45, 7) is 4.68. The number of hydrogen-bond donors (Lipinski definition) is 2. The Morgan fingerprint density at radius 2 is 1.82 bits per heavy atom. The predicted molar refractivity (Wildman–Crippen MR) is 62.1 cm³/mol. The SMILES string of the molecule is CCCCN(CC(N)=O)C(=O)C(C)(C)C(=O)O. The van der Waals surface area contributed by atoms with Gasteiger partial charge in [0.2, 0.25) is 11.8 Å². The van der Waals surface area contributed by atoms with E-state index in [1.54, 1.807) is 0 Å². The van der Waals surface area contributed by atoms with Gasteiger partial charge < -0.3 is 15.7 Å². The van der Waals surface area contributed by atoms with Crippen LogP contribution in [0.1, 0.15) is 33.6 Å². The molecule has 0 rings (SSSR count). The number of carbonyl (C=O) groups excluding carboxylic acids is 2. The smallest absolute Gasteiger partial charge is 0.318 e. The molecule has 3 N–H and O–H groups in total. The maximum Gasteiger partial charge on any atom is 0.318 e. The van der Waals surface area contributed by atoms with Gasteiger partial charge in [0.1, 0.15) is 5.41 Å². The molecule has 6 nitrogen and oxygen atoms in total. The minimum absolute atomic E-state index is 0.241. The Morgan fingerprint density at radius 1 is 1.29 bits per heavy atom. The van der Waals surface area contributed by atoms with E-state index in [1.807, 2.05) is 6.92 Å². The zero-order chi connectivity index (χ0) is 13.6. The zero-order valence-corrected chi connectivity index (χ0v) is 10.5. The van der Waals surface area contributed by atoms with Gasteiger partial charge in [0, 0.05) is 6.54 Å². The minimum Gasteiger partial charge on any atom is -0.480 e. The molecule has 0 aliphatic heterocycles. The molecule has 0 saturated carbocycles. The van der Waals surface area contributed by atoms with Crippen molar-refractivity contribution < 1.29 is 19.5 Å². The molecule has 98 valence electrons. The predicted octanol–water partition coefficient (Wildman–Crippen LogP) is 0.211. The van der Waals surface area contributed by atoms with E-state index in [4.69, 9.17) is 10.8 Å². The number of carboxylic acids is 1. The number of carboxylic acid groups (broad SMARTS) is 1. The summed E-state index contributed by atoms with van der Waals surface area (Å²) in [6.07, 6.45) is 1.55. The standard InChI is InChI=1S/C11H20N2O4/c1-4-5-6-13(7-8(12)14)9(15)11(2,3)10(16)17/h4-7H2,1-3H3,(H2,12,14)(H,16,17). The van der Waals surface area contributed by atoms with E-state index in [0.717, 1.165) is 6.42 Å². The van der Waals surface area contributed by atoms with Crippen molar-refractivity contribution in [2.75, 3.05) is 13.1 Å². The van der Waals surface area contributed by atoms with Gasteiger partial charge >= 0.3 is 5.97 Å². The minimum atomic E-state index is -1.54. The second kappa shape index (κ2) is 6.22. The molecule has 0 aliphatic rings. The maximum atomic E-state index is 12.0. The van der Waals surface area contributed by atoms with Crippen molar-refractivity contribution >= 4 is 17.8 Å². The summed E-state index contributed by atoms with van der Waals surface area (Å²) >= 11 is 0. The van der Waals surface area contributed by atoms with Crippen LogP contribution in [0.25, 0.3) is 0 Å². The third-order valence-electron chi connectivity index (χ3n) is 2.48. The van der Waals surface area contributed by atoms with E-state index in [9.17, 15) is 14.4 Å². The Labute approximate surface area is 101 Å². The van der Waals surface area contributed by atoms with E-state index in [2.05, 4.69) is 0 Å². The fraction of sp³-hybridized carbons (Fsp3) is 0.727. The summed E-state index contributed by atoms with van der Waals surface area (Å²) < 4.78 is 0. The normalized spacial score (nSPS) is 11.0. The monoisotopic (exact) mass is 244 g/mol. The van der Waals surface area contributed by atoms with Crippen LogP contribution in [0, 0.1) is 5.41 Å². The van der Waals surface area contributed by atoms with Gasteiger partial charge in [0.15, 0.2) is 0 Å². The summed E-state index contributed by atoms with van der Waals surface area (Å²) in [5.41, 5.74) is 3.50. The number of aliphatic carboxylic acids is 1. The highest BCUT2D eigenvalue weighted by atomic mass is 16.4. The number of nitrogens with zero attached hydrogens (tertiary/aromatic N) is 1.